The van der Waals surface area contributed by atoms with Gasteiger partial charge in [-0.3, -0.25) is 4.98 Å². The maximum atomic E-state index is 5.86. The van der Waals surface area contributed by atoms with Gasteiger partial charge < -0.3 is 5.73 Å². The second-order valence-corrected chi connectivity index (χ2v) is 3.22. The van der Waals surface area contributed by atoms with Gasteiger partial charge in [0.2, 0.25) is 0 Å². The zero-order valence-electron chi connectivity index (χ0n) is 7.96. The van der Waals surface area contributed by atoms with Gasteiger partial charge in [-0.05, 0) is 16.8 Å². The van der Waals surface area contributed by atoms with Gasteiger partial charge in [-0.2, -0.15) is 4.52 Å². The van der Waals surface area contributed by atoms with Crippen LogP contribution < -0.4 is 5.73 Å². The van der Waals surface area contributed by atoms with E-state index in [1.54, 1.807) is 16.9 Å². The molecule has 2 N–H and O–H groups in total. The van der Waals surface area contributed by atoms with Gasteiger partial charge in [0, 0.05) is 18.7 Å². The van der Waals surface area contributed by atoms with Crippen molar-refractivity contribution in [2.45, 2.75) is 25.8 Å². The molecule has 6 nitrogen and oxygen atoms in total. The molecule has 0 aliphatic rings. The highest BCUT2D eigenvalue weighted by Crippen LogP contribution is 2.03. The molecule has 0 saturated carbocycles. The van der Waals surface area contributed by atoms with Gasteiger partial charge in [-0.1, -0.05) is 6.92 Å². The van der Waals surface area contributed by atoms with E-state index in [1.807, 2.05) is 0 Å². The molecule has 2 rings (SSSR count). The van der Waals surface area contributed by atoms with Crippen molar-refractivity contribution >= 4 is 5.65 Å². The molecular formula is C8H12N6. The summed E-state index contributed by atoms with van der Waals surface area (Å²) in [5.41, 5.74) is 7.46. The molecule has 2 aromatic rings. The highest BCUT2D eigenvalue weighted by atomic mass is 15.5. The molecule has 0 aliphatic carbocycles. The second-order valence-electron chi connectivity index (χ2n) is 3.22. The molecule has 0 amide bonds. The minimum atomic E-state index is 0.131. The quantitative estimate of drug-likeness (QED) is 0.728. The molecule has 1 unspecified atom stereocenters. The van der Waals surface area contributed by atoms with Crippen LogP contribution in [-0.2, 0) is 6.42 Å². The van der Waals surface area contributed by atoms with Crippen LogP contribution in [0.4, 0.5) is 0 Å². The van der Waals surface area contributed by atoms with Crippen LogP contribution in [0.3, 0.4) is 0 Å². The zero-order valence-corrected chi connectivity index (χ0v) is 7.96. The monoisotopic (exact) mass is 192 g/mol. The van der Waals surface area contributed by atoms with E-state index in [9.17, 15) is 0 Å². The van der Waals surface area contributed by atoms with Crippen molar-refractivity contribution in [1.29, 1.82) is 0 Å². The van der Waals surface area contributed by atoms with Crippen LogP contribution in [0.15, 0.2) is 12.4 Å². The van der Waals surface area contributed by atoms with Crippen LogP contribution >= 0.6 is 0 Å². The smallest absolute Gasteiger partial charge is 0.197 e. The van der Waals surface area contributed by atoms with Crippen molar-refractivity contribution < 1.29 is 0 Å². The molecule has 0 radical (unpaired) electrons. The number of nitrogens with zero attached hydrogens (tertiary/aromatic N) is 5. The summed E-state index contributed by atoms with van der Waals surface area (Å²) in [6, 6.07) is 0.131. The van der Waals surface area contributed by atoms with Crippen LogP contribution in [0, 0.1) is 0 Å². The molecule has 2 aromatic heterocycles. The van der Waals surface area contributed by atoms with E-state index >= 15 is 0 Å². The van der Waals surface area contributed by atoms with Crippen molar-refractivity contribution in [3.05, 3.63) is 18.1 Å². The Morgan fingerprint density at radius 3 is 3.14 bits per heavy atom. The number of aromatic nitrogens is 5. The zero-order chi connectivity index (χ0) is 9.97. The summed E-state index contributed by atoms with van der Waals surface area (Å²) in [4.78, 5) is 4.05. The summed E-state index contributed by atoms with van der Waals surface area (Å²) in [5.74, 6) is 0. The fourth-order valence-electron chi connectivity index (χ4n) is 1.28. The minimum absolute atomic E-state index is 0.131. The minimum Gasteiger partial charge on any atom is -0.327 e. The van der Waals surface area contributed by atoms with Gasteiger partial charge in [0.25, 0.3) is 0 Å². The van der Waals surface area contributed by atoms with E-state index in [2.05, 4.69) is 27.4 Å². The lowest BCUT2D eigenvalue weighted by molar-refractivity contribution is 0.617. The third kappa shape index (κ3) is 1.56. The Labute approximate surface area is 81.1 Å². The Morgan fingerprint density at radius 2 is 2.36 bits per heavy atom. The maximum Gasteiger partial charge on any atom is 0.197 e. The molecule has 6 heteroatoms. The Kier molecular flexibility index (Phi) is 2.36. The summed E-state index contributed by atoms with van der Waals surface area (Å²) in [6.45, 7) is 2.05. The van der Waals surface area contributed by atoms with Crippen LogP contribution in [0.25, 0.3) is 5.65 Å². The molecule has 2 heterocycles. The third-order valence-corrected chi connectivity index (χ3v) is 2.17. The summed E-state index contributed by atoms with van der Waals surface area (Å²) in [5, 5.41) is 11.3. The van der Waals surface area contributed by atoms with E-state index in [0.717, 1.165) is 18.5 Å². The number of rotatable bonds is 3. The van der Waals surface area contributed by atoms with E-state index in [-0.39, 0.29) is 6.04 Å². The summed E-state index contributed by atoms with van der Waals surface area (Å²) in [7, 11) is 0. The van der Waals surface area contributed by atoms with Crippen LogP contribution in [0.2, 0.25) is 0 Å². The standard InChI is InChI=1S/C8H12N6/c1-2-6(9)3-7-4-10-5-8-11-12-13-14(7)8/h4-6H,2-3,9H2,1H3. The molecule has 0 bridgehead atoms. The molecule has 74 valence electrons. The molecule has 14 heavy (non-hydrogen) atoms. The fourth-order valence-corrected chi connectivity index (χ4v) is 1.28. The van der Waals surface area contributed by atoms with Crippen LogP contribution in [0.5, 0.6) is 0 Å². The van der Waals surface area contributed by atoms with Crippen molar-refractivity contribution in [2.24, 2.45) is 5.73 Å². The first-order valence-corrected chi connectivity index (χ1v) is 4.58. The van der Waals surface area contributed by atoms with Crippen LogP contribution in [0.1, 0.15) is 19.0 Å². The Balaban J connectivity index is 2.36. The SMILES string of the molecule is CCC(N)Cc1cncc2nnnn12. The van der Waals surface area contributed by atoms with Gasteiger partial charge in [0.05, 0.1) is 11.9 Å². The van der Waals surface area contributed by atoms with Crippen molar-refractivity contribution in [2.75, 3.05) is 0 Å². The summed E-state index contributed by atoms with van der Waals surface area (Å²) >= 11 is 0. The molecule has 0 fully saturated rings. The highest BCUT2D eigenvalue weighted by molar-refractivity contribution is 5.32. The highest BCUT2D eigenvalue weighted by Gasteiger charge is 2.07. The van der Waals surface area contributed by atoms with Crippen LogP contribution in [-0.4, -0.2) is 31.1 Å². The van der Waals surface area contributed by atoms with E-state index in [4.69, 9.17) is 5.73 Å². The summed E-state index contributed by atoms with van der Waals surface area (Å²) < 4.78 is 1.67. The average Bonchev–Trinajstić information content (AvgIpc) is 2.66. The van der Waals surface area contributed by atoms with E-state index in [1.165, 1.54) is 0 Å². The molecule has 0 aromatic carbocycles. The first kappa shape index (κ1) is 9.01. The largest absolute Gasteiger partial charge is 0.327 e. The van der Waals surface area contributed by atoms with E-state index in [0.29, 0.717) is 5.65 Å². The molecule has 1 atom stereocenters. The van der Waals surface area contributed by atoms with Crippen molar-refractivity contribution in [1.82, 2.24) is 25.0 Å². The molecular weight excluding hydrogens is 180 g/mol. The molecule has 0 aliphatic heterocycles. The second kappa shape index (κ2) is 3.67. The van der Waals surface area contributed by atoms with Gasteiger partial charge in [0.1, 0.15) is 0 Å². The summed E-state index contributed by atoms with van der Waals surface area (Å²) in [6.07, 6.45) is 5.05. The van der Waals surface area contributed by atoms with Gasteiger partial charge in [-0.25, -0.2) is 0 Å². The number of hydrogen-bond acceptors (Lipinski definition) is 5. The number of nitrogens with two attached hydrogens (primary N) is 1. The number of hydrogen-bond donors (Lipinski definition) is 1. The fraction of sp³-hybridized carbons (Fsp3) is 0.500. The Bertz CT molecular complexity index is 422. The number of tetrazole rings is 1. The molecule has 0 spiro atoms. The van der Waals surface area contributed by atoms with Crippen molar-refractivity contribution in [3.8, 4) is 0 Å². The lowest BCUT2D eigenvalue weighted by Crippen LogP contribution is -2.23. The Hall–Kier alpha value is -1.56. The molecule has 0 saturated heterocycles. The normalized spacial score (nSPS) is 13.3. The predicted molar refractivity (Wildman–Crippen MR) is 50.5 cm³/mol. The lowest BCUT2D eigenvalue weighted by atomic mass is 10.1. The lowest BCUT2D eigenvalue weighted by Gasteiger charge is -2.08. The number of fused-ring (bicyclic) bond motifs is 1. The van der Waals surface area contributed by atoms with E-state index < -0.39 is 0 Å². The van der Waals surface area contributed by atoms with Crippen molar-refractivity contribution in [3.63, 3.8) is 0 Å². The van der Waals surface area contributed by atoms with Gasteiger partial charge in [-0.15, -0.1) is 5.10 Å². The first-order valence-electron chi connectivity index (χ1n) is 4.58. The van der Waals surface area contributed by atoms with Gasteiger partial charge in [0.15, 0.2) is 5.65 Å². The first-order chi connectivity index (χ1) is 6.81. The van der Waals surface area contributed by atoms with Gasteiger partial charge >= 0.3 is 0 Å². The topological polar surface area (TPSA) is 82.0 Å². The predicted octanol–water partition coefficient (Wildman–Crippen LogP) is -0.201. The maximum absolute atomic E-state index is 5.86. The Morgan fingerprint density at radius 1 is 1.50 bits per heavy atom. The average molecular weight is 192 g/mol. The third-order valence-electron chi connectivity index (χ3n) is 2.17.